The first-order chi connectivity index (χ1) is 13.0. The van der Waals surface area contributed by atoms with Crippen molar-refractivity contribution in [1.82, 2.24) is 0 Å². The Morgan fingerprint density at radius 2 is 1.52 bits per heavy atom. The van der Waals surface area contributed by atoms with Crippen LogP contribution in [0.25, 0.3) is 0 Å². The van der Waals surface area contributed by atoms with Gasteiger partial charge in [-0.05, 0) is 19.8 Å². The number of rotatable bonds is 6. The van der Waals surface area contributed by atoms with Crippen molar-refractivity contribution in [2.45, 2.75) is 19.8 Å². The summed E-state index contributed by atoms with van der Waals surface area (Å²) in [5.41, 5.74) is -1.30. The van der Waals surface area contributed by atoms with Crippen LogP contribution in [-0.2, 0) is 14.3 Å². The summed E-state index contributed by atoms with van der Waals surface area (Å²) in [5, 5.41) is 0. The van der Waals surface area contributed by atoms with Gasteiger partial charge in [-0.25, -0.2) is 0 Å². The number of ketones is 3. The lowest BCUT2D eigenvalue weighted by Crippen LogP contribution is -2.46. The molecule has 0 N–H and O–H groups in total. The van der Waals surface area contributed by atoms with Crippen LogP contribution in [0.15, 0.2) is 60.7 Å². The molecule has 27 heavy (non-hydrogen) atoms. The molecule has 1 saturated carbocycles. The molecular formula is C22H20O5. The van der Waals surface area contributed by atoms with Crippen molar-refractivity contribution in [3.05, 3.63) is 71.8 Å². The fourth-order valence-electron chi connectivity index (χ4n) is 3.58. The SMILES string of the molecule is CCOC(=O)C1(C(=O)c2ccccc2)CCC(C(=O)c2ccccc2)C1=O. The lowest BCUT2D eigenvalue weighted by molar-refractivity contribution is -0.155. The van der Waals surface area contributed by atoms with E-state index in [9.17, 15) is 19.2 Å². The second-order valence-corrected chi connectivity index (χ2v) is 6.51. The number of carbonyl (C=O) groups excluding carboxylic acids is 4. The van der Waals surface area contributed by atoms with Gasteiger partial charge in [0.1, 0.15) is 0 Å². The average Bonchev–Trinajstić information content (AvgIpc) is 3.06. The molecule has 5 heteroatoms. The summed E-state index contributed by atoms with van der Waals surface area (Å²) in [4.78, 5) is 51.9. The molecule has 2 aromatic rings. The number of hydrogen-bond acceptors (Lipinski definition) is 5. The Morgan fingerprint density at radius 1 is 0.963 bits per heavy atom. The summed E-state index contributed by atoms with van der Waals surface area (Å²) in [7, 11) is 0. The van der Waals surface area contributed by atoms with Crippen molar-refractivity contribution in [3.8, 4) is 0 Å². The second kappa shape index (κ2) is 7.66. The number of ether oxygens (including phenoxy) is 1. The lowest BCUT2D eigenvalue weighted by atomic mass is 9.76. The standard InChI is InChI=1S/C22H20O5/c1-2-27-21(26)22(19(24)16-11-7-4-8-12-16)14-13-17(20(22)25)18(23)15-9-5-3-6-10-15/h3-12,17H,2,13-14H2,1H3. The van der Waals surface area contributed by atoms with Gasteiger partial charge < -0.3 is 4.74 Å². The van der Waals surface area contributed by atoms with Crippen LogP contribution in [0.2, 0.25) is 0 Å². The largest absolute Gasteiger partial charge is 0.465 e. The highest BCUT2D eigenvalue weighted by molar-refractivity contribution is 6.32. The van der Waals surface area contributed by atoms with Crippen molar-refractivity contribution >= 4 is 23.3 Å². The predicted molar refractivity (Wildman–Crippen MR) is 98.3 cm³/mol. The Hall–Kier alpha value is -3.08. The summed E-state index contributed by atoms with van der Waals surface area (Å²) in [6.45, 7) is 1.66. The first-order valence-electron chi connectivity index (χ1n) is 8.93. The Bertz CT molecular complexity index is 872. The summed E-state index contributed by atoms with van der Waals surface area (Å²) < 4.78 is 5.08. The first kappa shape index (κ1) is 18.7. The van der Waals surface area contributed by atoms with Gasteiger partial charge in [0, 0.05) is 11.1 Å². The van der Waals surface area contributed by atoms with E-state index in [-0.39, 0.29) is 30.8 Å². The van der Waals surface area contributed by atoms with E-state index in [1.54, 1.807) is 67.6 Å². The van der Waals surface area contributed by atoms with Gasteiger partial charge >= 0.3 is 5.97 Å². The summed E-state index contributed by atoms with van der Waals surface area (Å²) in [6, 6.07) is 16.6. The number of hydrogen-bond donors (Lipinski definition) is 0. The highest BCUT2D eigenvalue weighted by Crippen LogP contribution is 2.43. The van der Waals surface area contributed by atoms with Crippen LogP contribution >= 0.6 is 0 Å². The molecule has 5 nitrogen and oxygen atoms in total. The van der Waals surface area contributed by atoms with E-state index in [4.69, 9.17) is 4.74 Å². The minimum Gasteiger partial charge on any atom is -0.465 e. The molecule has 0 aromatic heterocycles. The summed E-state index contributed by atoms with van der Waals surface area (Å²) in [6.07, 6.45) is 0.117. The zero-order chi connectivity index (χ0) is 19.4. The predicted octanol–water partition coefficient (Wildman–Crippen LogP) is 3.28. The minimum atomic E-state index is -1.95. The molecule has 0 aliphatic heterocycles. The van der Waals surface area contributed by atoms with Gasteiger partial charge in [0.05, 0.1) is 12.5 Å². The second-order valence-electron chi connectivity index (χ2n) is 6.51. The first-order valence-corrected chi connectivity index (χ1v) is 8.93. The van der Waals surface area contributed by atoms with Crippen molar-refractivity contribution in [2.24, 2.45) is 11.3 Å². The maximum Gasteiger partial charge on any atom is 0.327 e. The quantitative estimate of drug-likeness (QED) is 0.447. The van der Waals surface area contributed by atoms with Gasteiger partial charge in [-0.1, -0.05) is 60.7 Å². The third kappa shape index (κ3) is 3.21. The third-order valence-corrected chi connectivity index (χ3v) is 4.97. The molecular weight excluding hydrogens is 344 g/mol. The number of Topliss-reactive ketones (excluding diaryl/α,β-unsaturated/α-hetero) is 3. The van der Waals surface area contributed by atoms with E-state index in [0.717, 1.165) is 0 Å². The van der Waals surface area contributed by atoms with Crippen molar-refractivity contribution in [3.63, 3.8) is 0 Å². The smallest absolute Gasteiger partial charge is 0.327 e. The fraction of sp³-hybridized carbons (Fsp3) is 0.273. The van der Waals surface area contributed by atoms with Crippen molar-refractivity contribution in [2.75, 3.05) is 6.61 Å². The normalized spacial score (nSPS) is 21.7. The molecule has 1 fully saturated rings. The van der Waals surface area contributed by atoms with Crippen LogP contribution in [0.1, 0.15) is 40.5 Å². The third-order valence-electron chi connectivity index (χ3n) is 4.97. The van der Waals surface area contributed by atoms with Crippen LogP contribution in [-0.4, -0.2) is 29.9 Å². The van der Waals surface area contributed by atoms with Crippen LogP contribution in [0.5, 0.6) is 0 Å². The summed E-state index contributed by atoms with van der Waals surface area (Å²) in [5.74, 6) is -3.53. The highest BCUT2D eigenvalue weighted by atomic mass is 16.5. The molecule has 0 amide bonds. The maximum atomic E-state index is 13.2. The topological polar surface area (TPSA) is 77.5 Å². The van der Waals surface area contributed by atoms with Gasteiger partial charge in [-0.3, -0.25) is 19.2 Å². The zero-order valence-electron chi connectivity index (χ0n) is 15.0. The Labute approximate surface area is 157 Å². The average molecular weight is 364 g/mol. The Kier molecular flexibility index (Phi) is 5.31. The number of benzene rings is 2. The molecule has 2 atom stereocenters. The van der Waals surface area contributed by atoms with Gasteiger partial charge in [0.2, 0.25) is 0 Å². The molecule has 1 aliphatic rings. The molecule has 0 spiro atoms. The van der Waals surface area contributed by atoms with Crippen LogP contribution in [0, 0.1) is 11.3 Å². The zero-order valence-corrected chi connectivity index (χ0v) is 15.0. The lowest BCUT2D eigenvalue weighted by Gasteiger charge is -2.24. The molecule has 0 bridgehead atoms. The highest BCUT2D eigenvalue weighted by Gasteiger charge is 2.61. The van der Waals surface area contributed by atoms with E-state index in [0.29, 0.717) is 5.56 Å². The van der Waals surface area contributed by atoms with Crippen LogP contribution < -0.4 is 0 Å². The van der Waals surface area contributed by atoms with Gasteiger partial charge in [-0.2, -0.15) is 0 Å². The fourth-order valence-corrected chi connectivity index (χ4v) is 3.58. The van der Waals surface area contributed by atoms with Gasteiger partial charge in [-0.15, -0.1) is 0 Å². The maximum absolute atomic E-state index is 13.2. The van der Waals surface area contributed by atoms with E-state index in [1.165, 1.54) is 0 Å². The minimum absolute atomic E-state index is 0.0262. The monoisotopic (exact) mass is 364 g/mol. The van der Waals surface area contributed by atoms with Gasteiger partial charge in [0.15, 0.2) is 22.8 Å². The molecule has 0 saturated heterocycles. The Balaban J connectivity index is 2.00. The van der Waals surface area contributed by atoms with Crippen molar-refractivity contribution < 1.29 is 23.9 Å². The van der Waals surface area contributed by atoms with E-state index >= 15 is 0 Å². The van der Waals surface area contributed by atoms with Gasteiger partial charge in [0.25, 0.3) is 0 Å². The summed E-state index contributed by atoms with van der Waals surface area (Å²) >= 11 is 0. The van der Waals surface area contributed by atoms with E-state index in [1.807, 2.05) is 0 Å². The Morgan fingerprint density at radius 3 is 2.07 bits per heavy atom. The number of carbonyl (C=O) groups is 4. The van der Waals surface area contributed by atoms with Crippen molar-refractivity contribution in [1.29, 1.82) is 0 Å². The van der Waals surface area contributed by atoms with Crippen LogP contribution in [0.3, 0.4) is 0 Å². The van der Waals surface area contributed by atoms with E-state index < -0.39 is 28.9 Å². The molecule has 138 valence electrons. The molecule has 0 heterocycles. The van der Waals surface area contributed by atoms with Crippen LogP contribution in [0.4, 0.5) is 0 Å². The van der Waals surface area contributed by atoms with E-state index in [2.05, 4.69) is 0 Å². The molecule has 1 aliphatic carbocycles. The molecule has 3 rings (SSSR count). The number of esters is 1. The molecule has 2 unspecified atom stereocenters. The molecule has 0 radical (unpaired) electrons. The molecule has 2 aromatic carbocycles.